The van der Waals surface area contributed by atoms with E-state index in [9.17, 15) is 71.2 Å². The molecular formula is C33H40O21. The molecule has 0 amide bonds. The molecule has 298 valence electrons. The van der Waals surface area contributed by atoms with Crippen molar-refractivity contribution >= 4 is 11.0 Å². The summed E-state index contributed by atoms with van der Waals surface area (Å²) >= 11 is 0. The number of phenolic OH excluding ortho intramolecular Hbond substituents is 3. The van der Waals surface area contributed by atoms with Crippen molar-refractivity contribution in [1.29, 1.82) is 0 Å². The number of aromatic hydroxyl groups is 3. The Balaban J connectivity index is 1.34. The summed E-state index contributed by atoms with van der Waals surface area (Å²) in [7, 11) is 0. The molecule has 21 nitrogen and oxygen atoms in total. The molecule has 4 heterocycles. The van der Waals surface area contributed by atoms with Crippen LogP contribution >= 0.6 is 0 Å². The van der Waals surface area contributed by atoms with Gasteiger partial charge in [-0.05, 0) is 25.1 Å². The van der Waals surface area contributed by atoms with Gasteiger partial charge < -0.3 is 99.2 Å². The lowest BCUT2D eigenvalue weighted by Gasteiger charge is -2.42. The number of rotatable bonds is 9. The van der Waals surface area contributed by atoms with Crippen LogP contribution in [0.5, 0.6) is 28.7 Å². The molecule has 3 aliphatic rings. The summed E-state index contributed by atoms with van der Waals surface area (Å²) < 4.78 is 39.1. The Labute approximate surface area is 303 Å². The van der Waals surface area contributed by atoms with Crippen molar-refractivity contribution in [2.45, 2.75) is 99.0 Å². The van der Waals surface area contributed by atoms with Gasteiger partial charge >= 0.3 is 0 Å². The Bertz CT molecular complexity index is 1850. The van der Waals surface area contributed by atoms with E-state index in [0.717, 1.165) is 24.3 Å². The van der Waals surface area contributed by atoms with Crippen molar-refractivity contribution in [1.82, 2.24) is 0 Å². The van der Waals surface area contributed by atoms with Gasteiger partial charge in [0.1, 0.15) is 89.6 Å². The van der Waals surface area contributed by atoms with Gasteiger partial charge in [-0.25, -0.2) is 0 Å². The molecule has 13 N–H and O–H groups in total. The minimum atomic E-state index is -2.05. The van der Waals surface area contributed by atoms with Crippen molar-refractivity contribution in [3.05, 3.63) is 40.6 Å². The Morgan fingerprint density at radius 2 is 1.22 bits per heavy atom. The zero-order chi connectivity index (χ0) is 39.3. The predicted octanol–water partition coefficient (Wildman–Crippen LogP) is -4.21. The van der Waals surface area contributed by atoms with E-state index >= 15 is 0 Å². The quantitative estimate of drug-likeness (QED) is 0.0917. The standard InChI is InChI=1S/C33H40O21/c1-9-19(38)23(42)26(45)31(49-9)48-8-17-21(40)25(44)28(47)33(53-17)54-30-22(41)18-14(37)5-11(50-32-27(46)24(43)20(39)16(7-34)52-32)6-15(18)51-29(30)10-2-3-12(35)13(36)4-10/h2-6,9,16-17,19-21,23-28,31-40,42-47H,7-8H2,1H3/t9?,16?,17?,19-,20+,21-,23-,24-,25?,26?,27?,28?,31+,32+,33-/m0/s1. The second-order valence-electron chi connectivity index (χ2n) is 13.1. The summed E-state index contributed by atoms with van der Waals surface area (Å²) in [4.78, 5) is 14.1. The molecule has 3 aromatic rings. The maximum atomic E-state index is 14.1. The third-order valence-corrected chi connectivity index (χ3v) is 9.38. The van der Waals surface area contributed by atoms with E-state index in [-0.39, 0.29) is 11.3 Å². The first-order chi connectivity index (χ1) is 25.5. The number of hydrogen-bond donors (Lipinski definition) is 13. The Morgan fingerprint density at radius 1 is 0.630 bits per heavy atom. The Morgan fingerprint density at radius 3 is 1.87 bits per heavy atom. The van der Waals surface area contributed by atoms with Crippen molar-refractivity contribution in [3.63, 3.8) is 0 Å². The topological polar surface area (TPSA) is 349 Å². The maximum Gasteiger partial charge on any atom is 0.239 e. The molecule has 7 unspecified atom stereocenters. The molecule has 3 aliphatic heterocycles. The average Bonchev–Trinajstić information content (AvgIpc) is 3.14. The molecule has 0 saturated carbocycles. The summed E-state index contributed by atoms with van der Waals surface area (Å²) in [6.07, 6.45) is -25.1. The van der Waals surface area contributed by atoms with E-state index < -0.39 is 150 Å². The molecule has 0 aliphatic carbocycles. The molecule has 0 spiro atoms. The average molecular weight is 773 g/mol. The molecule has 3 fully saturated rings. The predicted molar refractivity (Wildman–Crippen MR) is 173 cm³/mol. The van der Waals surface area contributed by atoms with Crippen LogP contribution < -0.4 is 14.9 Å². The normalized spacial score (nSPS) is 37.3. The summed E-state index contributed by atoms with van der Waals surface area (Å²) in [6, 6.07) is 5.15. The Hall–Kier alpha value is -3.91. The summed E-state index contributed by atoms with van der Waals surface area (Å²) in [6.45, 7) is -0.0204. The van der Waals surface area contributed by atoms with Crippen LogP contribution in [0.3, 0.4) is 0 Å². The van der Waals surface area contributed by atoms with Crippen LogP contribution in [0.25, 0.3) is 22.3 Å². The van der Waals surface area contributed by atoms with Crippen molar-refractivity contribution < 1.29 is 99.2 Å². The molecule has 54 heavy (non-hydrogen) atoms. The van der Waals surface area contributed by atoms with E-state index in [1.807, 2.05) is 0 Å². The molecule has 0 bridgehead atoms. The first-order valence-electron chi connectivity index (χ1n) is 16.5. The molecule has 15 atom stereocenters. The van der Waals surface area contributed by atoms with Crippen LogP contribution in [0.1, 0.15) is 6.92 Å². The lowest BCUT2D eigenvalue weighted by molar-refractivity contribution is -0.318. The first-order valence-corrected chi connectivity index (χ1v) is 16.5. The molecule has 21 heteroatoms. The molecule has 2 aromatic carbocycles. The van der Waals surface area contributed by atoms with Gasteiger partial charge in [0.05, 0.1) is 19.3 Å². The van der Waals surface area contributed by atoms with Crippen molar-refractivity contribution in [2.24, 2.45) is 0 Å². The highest BCUT2D eigenvalue weighted by molar-refractivity contribution is 5.88. The maximum absolute atomic E-state index is 14.1. The number of ether oxygens (including phenoxy) is 6. The van der Waals surface area contributed by atoms with E-state index in [0.29, 0.717) is 0 Å². The van der Waals surface area contributed by atoms with E-state index in [1.54, 1.807) is 0 Å². The van der Waals surface area contributed by atoms with Gasteiger partial charge in [-0.15, -0.1) is 0 Å². The number of hydrogen-bond acceptors (Lipinski definition) is 21. The molecule has 6 rings (SSSR count). The summed E-state index contributed by atoms with van der Waals surface area (Å²) in [5.74, 6) is -3.63. The van der Waals surface area contributed by atoms with E-state index in [2.05, 4.69) is 0 Å². The number of aliphatic hydroxyl groups excluding tert-OH is 10. The fourth-order valence-electron chi connectivity index (χ4n) is 6.19. The van der Waals surface area contributed by atoms with Crippen LogP contribution in [-0.2, 0) is 18.9 Å². The van der Waals surface area contributed by atoms with Gasteiger partial charge in [0.25, 0.3) is 0 Å². The van der Waals surface area contributed by atoms with Crippen LogP contribution in [0.4, 0.5) is 0 Å². The van der Waals surface area contributed by atoms with E-state index in [4.69, 9.17) is 32.8 Å². The van der Waals surface area contributed by atoms with Gasteiger partial charge in [0, 0.05) is 17.7 Å². The molecule has 3 saturated heterocycles. The van der Waals surface area contributed by atoms with E-state index in [1.165, 1.54) is 13.0 Å². The minimum absolute atomic E-state index is 0.122. The number of phenols is 3. The highest BCUT2D eigenvalue weighted by Gasteiger charge is 2.48. The molecular weight excluding hydrogens is 732 g/mol. The van der Waals surface area contributed by atoms with Crippen LogP contribution in [0, 0.1) is 0 Å². The largest absolute Gasteiger partial charge is 0.507 e. The van der Waals surface area contributed by atoms with Crippen LogP contribution in [-0.4, -0.2) is 172 Å². The lowest BCUT2D eigenvalue weighted by Crippen LogP contribution is -2.61. The second kappa shape index (κ2) is 15.7. The fraction of sp³-hybridized carbons (Fsp3) is 0.545. The van der Waals surface area contributed by atoms with Gasteiger partial charge in [-0.3, -0.25) is 4.79 Å². The summed E-state index contributed by atoms with van der Waals surface area (Å²) in [5, 5.41) is 133. The Kier molecular flexibility index (Phi) is 11.5. The zero-order valence-electron chi connectivity index (χ0n) is 28.0. The lowest BCUT2D eigenvalue weighted by atomic mass is 9.98. The van der Waals surface area contributed by atoms with Gasteiger partial charge in [0.15, 0.2) is 23.5 Å². The number of benzene rings is 2. The summed E-state index contributed by atoms with van der Waals surface area (Å²) in [5.41, 5.74) is -1.66. The monoisotopic (exact) mass is 772 g/mol. The number of aliphatic hydroxyl groups is 10. The van der Waals surface area contributed by atoms with Gasteiger partial charge in [-0.2, -0.15) is 0 Å². The van der Waals surface area contributed by atoms with Crippen LogP contribution in [0.2, 0.25) is 0 Å². The third-order valence-electron chi connectivity index (χ3n) is 9.38. The third kappa shape index (κ3) is 7.39. The second-order valence-corrected chi connectivity index (χ2v) is 13.1. The molecule has 1 aromatic heterocycles. The van der Waals surface area contributed by atoms with Crippen LogP contribution in [0.15, 0.2) is 39.5 Å². The first kappa shape index (κ1) is 39.8. The van der Waals surface area contributed by atoms with Gasteiger partial charge in [0.2, 0.25) is 23.8 Å². The van der Waals surface area contributed by atoms with Crippen molar-refractivity contribution in [3.8, 4) is 40.1 Å². The SMILES string of the molecule is CC1O[C@@H](OCC2O[C@@H](Oc3c(-c4ccc(O)c(O)c4)oc4cc(O[C@@H]5OC(CO)[C@@H](O)[C@H](O)C5O)cc(O)c4c3=O)C(O)C(O)[C@H]2O)C(O)[C@@H](O)[C@H]1O. The molecule has 0 radical (unpaired) electrons. The number of fused-ring (bicyclic) bond motifs is 1. The van der Waals surface area contributed by atoms with Crippen molar-refractivity contribution in [2.75, 3.05) is 13.2 Å². The van der Waals surface area contributed by atoms with Gasteiger partial charge in [-0.1, -0.05) is 0 Å². The fourth-order valence-corrected chi connectivity index (χ4v) is 6.19. The zero-order valence-corrected chi connectivity index (χ0v) is 28.0. The highest BCUT2D eigenvalue weighted by Crippen LogP contribution is 2.40. The highest BCUT2D eigenvalue weighted by atomic mass is 16.7. The minimum Gasteiger partial charge on any atom is -0.507 e. The smallest absolute Gasteiger partial charge is 0.239 e.